The molecule has 0 bridgehead atoms. The van der Waals surface area contributed by atoms with Crippen LogP contribution in [0, 0.1) is 11.3 Å². The first-order valence-corrected chi connectivity index (χ1v) is 4.29. The van der Waals surface area contributed by atoms with Crippen LogP contribution in [-0.4, -0.2) is 12.6 Å². The summed E-state index contributed by atoms with van der Waals surface area (Å²) in [6, 6.07) is 11.2. The first-order chi connectivity index (χ1) is 6.70. The number of hydrogen-bond acceptors (Lipinski definition) is 3. The minimum atomic E-state index is -0.211. The molecular weight excluding hydrogens is 178 g/mol. The van der Waals surface area contributed by atoms with Crippen molar-refractivity contribution in [3.8, 4) is 6.07 Å². The highest BCUT2D eigenvalue weighted by Gasteiger charge is 1.81. The van der Waals surface area contributed by atoms with Crippen LogP contribution >= 0.6 is 0 Å². The molecule has 0 spiro atoms. The number of rotatable bonds is 1. The second-order valence-electron chi connectivity index (χ2n) is 2.40. The summed E-state index contributed by atoms with van der Waals surface area (Å²) in [6.45, 7) is 3.65. The Kier molecular flexibility index (Phi) is 6.79. The van der Waals surface area contributed by atoms with Gasteiger partial charge in [-0.25, -0.2) is 0 Å². The van der Waals surface area contributed by atoms with Gasteiger partial charge in [-0.3, -0.25) is 4.79 Å². The van der Waals surface area contributed by atoms with Gasteiger partial charge in [-0.2, -0.15) is 5.26 Å². The first-order valence-electron chi connectivity index (χ1n) is 4.29. The molecule has 0 unspecified atom stereocenters. The molecule has 0 aromatic heterocycles. The molecule has 0 aliphatic rings. The Morgan fingerprint density at radius 3 is 2.21 bits per heavy atom. The molecule has 1 aromatic carbocycles. The lowest BCUT2D eigenvalue weighted by atomic mass is 10.2. The number of carbonyl (C=O) groups excluding carboxylic acids is 1. The fraction of sp³-hybridized carbons (Fsp3) is 0.273. The van der Waals surface area contributed by atoms with E-state index in [9.17, 15) is 4.79 Å². The number of esters is 1. The Bertz CT molecular complexity index is 301. The predicted molar refractivity (Wildman–Crippen MR) is 53.5 cm³/mol. The molecule has 0 N–H and O–H groups in total. The van der Waals surface area contributed by atoms with Crippen molar-refractivity contribution < 1.29 is 9.53 Å². The molecule has 3 nitrogen and oxygen atoms in total. The van der Waals surface area contributed by atoms with Crippen molar-refractivity contribution in [3.05, 3.63) is 35.9 Å². The molecule has 0 radical (unpaired) electrons. The van der Waals surface area contributed by atoms with E-state index in [0.717, 1.165) is 0 Å². The summed E-state index contributed by atoms with van der Waals surface area (Å²) < 4.78 is 4.40. The van der Waals surface area contributed by atoms with E-state index >= 15 is 0 Å². The molecule has 0 fully saturated rings. The van der Waals surface area contributed by atoms with Crippen molar-refractivity contribution in [3.63, 3.8) is 0 Å². The van der Waals surface area contributed by atoms with Gasteiger partial charge in [-0.15, -0.1) is 0 Å². The summed E-state index contributed by atoms with van der Waals surface area (Å²) in [4.78, 5) is 9.82. The molecular formula is C11H13NO2. The van der Waals surface area contributed by atoms with E-state index in [2.05, 4.69) is 4.74 Å². The van der Waals surface area contributed by atoms with Gasteiger partial charge in [0.1, 0.15) is 0 Å². The van der Waals surface area contributed by atoms with Crippen LogP contribution in [0.15, 0.2) is 30.3 Å². The van der Waals surface area contributed by atoms with Gasteiger partial charge < -0.3 is 4.74 Å². The minimum Gasteiger partial charge on any atom is -0.466 e. The summed E-state index contributed by atoms with van der Waals surface area (Å²) in [5.41, 5.74) is 0.715. The predicted octanol–water partition coefficient (Wildman–Crippen LogP) is 2.13. The largest absolute Gasteiger partial charge is 0.466 e. The third kappa shape index (κ3) is 6.86. The standard InChI is InChI=1S/C7H5N.C4H8O2/c8-6-7-4-2-1-3-5-7;1-3-6-4(2)5/h1-5H;3H2,1-2H3. The van der Waals surface area contributed by atoms with Gasteiger partial charge in [0.05, 0.1) is 18.2 Å². The molecule has 0 saturated carbocycles. The van der Waals surface area contributed by atoms with Gasteiger partial charge in [0.2, 0.25) is 0 Å². The lowest BCUT2D eigenvalue weighted by Gasteiger charge is -1.89. The van der Waals surface area contributed by atoms with Crippen LogP contribution in [0.25, 0.3) is 0 Å². The summed E-state index contributed by atoms with van der Waals surface area (Å²) in [5, 5.41) is 8.29. The maximum Gasteiger partial charge on any atom is 0.302 e. The monoisotopic (exact) mass is 191 g/mol. The SMILES string of the molecule is CCOC(C)=O.N#Cc1ccccc1. The molecule has 0 atom stereocenters. The normalized spacial score (nSPS) is 7.79. The Labute approximate surface area is 83.9 Å². The fourth-order valence-electron chi connectivity index (χ4n) is 0.716. The Morgan fingerprint density at radius 2 is 2.00 bits per heavy atom. The molecule has 14 heavy (non-hydrogen) atoms. The molecule has 74 valence electrons. The highest BCUT2D eigenvalue weighted by molar-refractivity contribution is 5.65. The molecule has 0 aliphatic heterocycles. The third-order valence-corrected chi connectivity index (χ3v) is 1.25. The van der Waals surface area contributed by atoms with Gasteiger partial charge in [0.25, 0.3) is 0 Å². The molecule has 0 aliphatic carbocycles. The van der Waals surface area contributed by atoms with Crippen LogP contribution in [0.4, 0.5) is 0 Å². The van der Waals surface area contributed by atoms with Crippen LogP contribution < -0.4 is 0 Å². The van der Waals surface area contributed by atoms with Crippen molar-refractivity contribution in [2.75, 3.05) is 6.61 Å². The number of carbonyl (C=O) groups is 1. The van der Waals surface area contributed by atoms with Crippen molar-refractivity contribution in [2.24, 2.45) is 0 Å². The van der Waals surface area contributed by atoms with Crippen LogP contribution in [0.5, 0.6) is 0 Å². The second-order valence-corrected chi connectivity index (χ2v) is 2.40. The number of nitriles is 1. The molecule has 0 saturated heterocycles. The van der Waals surface area contributed by atoms with Gasteiger partial charge in [0, 0.05) is 6.92 Å². The lowest BCUT2D eigenvalue weighted by molar-refractivity contribution is -0.140. The Hall–Kier alpha value is -1.82. The van der Waals surface area contributed by atoms with Gasteiger partial charge in [0.15, 0.2) is 0 Å². The molecule has 0 heterocycles. The molecule has 0 amide bonds. The summed E-state index contributed by atoms with van der Waals surface area (Å²) in [6.07, 6.45) is 0. The summed E-state index contributed by atoms with van der Waals surface area (Å²) in [5.74, 6) is -0.211. The molecule has 1 aromatic rings. The average molecular weight is 191 g/mol. The maximum absolute atomic E-state index is 9.82. The lowest BCUT2D eigenvalue weighted by Crippen LogP contribution is -1.95. The van der Waals surface area contributed by atoms with E-state index < -0.39 is 0 Å². The molecule has 1 rings (SSSR count). The number of hydrogen-bond donors (Lipinski definition) is 0. The van der Waals surface area contributed by atoms with Crippen LogP contribution in [0.1, 0.15) is 19.4 Å². The Morgan fingerprint density at radius 1 is 1.43 bits per heavy atom. The van der Waals surface area contributed by atoms with Crippen LogP contribution in [-0.2, 0) is 9.53 Å². The van der Waals surface area contributed by atoms with Crippen molar-refractivity contribution in [1.82, 2.24) is 0 Å². The van der Waals surface area contributed by atoms with E-state index in [0.29, 0.717) is 12.2 Å². The van der Waals surface area contributed by atoms with Gasteiger partial charge in [-0.1, -0.05) is 18.2 Å². The summed E-state index contributed by atoms with van der Waals surface area (Å²) in [7, 11) is 0. The number of nitrogens with zero attached hydrogens (tertiary/aromatic N) is 1. The third-order valence-electron chi connectivity index (χ3n) is 1.25. The smallest absolute Gasteiger partial charge is 0.302 e. The number of ether oxygens (including phenoxy) is 1. The highest BCUT2D eigenvalue weighted by atomic mass is 16.5. The molecule has 3 heteroatoms. The van der Waals surface area contributed by atoms with Crippen LogP contribution in [0.3, 0.4) is 0 Å². The fourth-order valence-corrected chi connectivity index (χ4v) is 0.716. The second kappa shape index (κ2) is 7.81. The topological polar surface area (TPSA) is 50.1 Å². The minimum absolute atomic E-state index is 0.211. The zero-order valence-electron chi connectivity index (χ0n) is 8.36. The van der Waals surface area contributed by atoms with Crippen molar-refractivity contribution in [2.45, 2.75) is 13.8 Å². The highest BCUT2D eigenvalue weighted by Crippen LogP contribution is 1.93. The maximum atomic E-state index is 9.82. The summed E-state index contributed by atoms with van der Waals surface area (Å²) >= 11 is 0. The quantitative estimate of drug-likeness (QED) is 0.639. The Balaban J connectivity index is 0.000000255. The van der Waals surface area contributed by atoms with Gasteiger partial charge in [-0.05, 0) is 19.1 Å². The number of benzene rings is 1. The first kappa shape index (κ1) is 12.2. The van der Waals surface area contributed by atoms with E-state index in [1.54, 1.807) is 19.1 Å². The zero-order valence-corrected chi connectivity index (χ0v) is 8.36. The average Bonchev–Trinajstić information content (AvgIpc) is 2.20. The van der Waals surface area contributed by atoms with E-state index in [-0.39, 0.29) is 5.97 Å². The van der Waals surface area contributed by atoms with Gasteiger partial charge >= 0.3 is 5.97 Å². The van der Waals surface area contributed by atoms with E-state index in [1.165, 1.54) is 6.92 Å². The van der Waals surface area contributed by atoms with Crippen LogP contribution in [0.2, 0.25) is 0 Å². The van der Waals surface area contributed by atoms with Crippen molar-refractivity contribution in [1.29, 1.82) is 5.26 Å². The zero-order chi connectivity index (χ0) is 10.8. The van der Waals surface area contributed by atoms with E-state index in [1.807, 2.05) is 24.3 Å². The van der Waals surface area contributed by atoms with E-state index in [4.69, 9.17) is 5.26 Å². The van der Waals surface area contributed by atoms with Crippen molar-refractivity contribution >= 4 is 5.97 Å².